The van der Waals surface area contributed by atoms with Gasteiger partial charge in [0.25, 0.3) is 0 Å². The van der Waals surface area contributed by atoms with Gasteiger partial charge in [0, 0.05) is 11.9 Å². The summed E-state index contributed by atoms with van der Waals surface area (Å²) in [5.41, 5.74) is 0. The third-order valence-corrected chi connectivity index (χ3v) is 4.74. The van der Waals surface area contributed by atoms with Gasteiger partial charge in [-0.2, -0.15) is 0 Å². The first-order chi connectivity index (χ1) is 6.17. The third-order valence-electron chi connectivity index (χ3n) is 2.39. The summed E-state index contributed by atoms with van der Waals surface area (Å²) in [6, 6.07) is 0. The molecule has 1 rings (SSSR count). The van der Waals surface area contributed by atoms with Crippen molar-refractivity contribution < 1.29 is 8.42 Å². The molecule has 0 atom stereocenters. The molecule has 0 radical (unpaired) electrons. The minimum Gasteiger partial charge on any atom is -0.214 e. The lowest BCUT2D eigenvalue weighted by Gasteiger charge is -2.21. The van der Waals surface area contributed by atoms with Gasteiger partial charge in [0.05, 0.1) is 5.25 Å². The van der Waals surface area contributed by atoms with E-state index in [0.717, 1.165) is 25.7 Å². The number of rotatable bonds is 4. The van der Waals surface area contributed by atoms with Crippen LogP contribution in [-0.4, -0.2) is 25.5 Å². The molecule has 5 heteroatoms. The fraction of sp³-hybridized carbons (Fsp3) is 1.00. The van der Waals surface area contributed by atoms with E-state index >= 15 is 0 Å². The second-order valence-electron chi connectivity index (χ2n) is 3.39. The fourth-order valence-electron chi connectivity index (χ4n) is 1.67. The third kappa shape index (κ3) is 3.56. The van der Waals surface area contributed by atoms with Gasteiger partial charge in [-0.05, 0) is 12.8 Å². The van der Waals surface area contributed by atoms with Crippen LogP contribution in [0.3, 0.4) is 0 Å². The number of hydrogen-bond donors (Lipinski definition) is 1. The number of alkyl halides is 1. The number of sulfonamides is 1. The minimum absolute atomic E-state index is 0.139. The predicted octanol–water partition coefficient (Wildman–Crippen LogP) is 1.63. The van der Waals surface area contributed by atoms with Gasteiger partial charge in [0.15, 0.2) is 0 Å². The smallest absolute Gasteiger partial charge is 0.214 e. The van der Waals surface area contributed by atoms with Crippen LogP contribution in [0.25, 0.3) is 0 Å². The van der Waals surface area contributed by atoms with E-state index in [1.54, 1.807) is 0 Å². The summed E-state index contributed by atoms with van der Waals surface area (Å²) in [7, 11) is -3.03. The van der Waals surface area contributed by atoms with Gasteiger partial charge in [-0.25, -0.2) is 13.1 Å². The summed E-state index contributed by atoms with van der Waals surface area (Å²) in [5, 5.41) is 0.541. The fourth-order valence-corrected chi connectivity index (χ4v) is 3.71. The molecule has 1 saturated carbocycles. The average molecular weight is 270 g/mol. The van der Waals surface area contributed by atoms with Crippen LogP contribution in [0, 0.1) is 0 Å². The largest absolute Gasteiger partial charge is 0.214 e. The van der Waals surface area contributed by atoms with E-state index in [-0.39, 0.29) is 5.25 Å². The average Bonchev–Trinajstić information content (AvgIpc) is 2.16. The van der Waals surface area contributed by atoms with E-state index < -0.39 is 10.0 Å². The highest BCUT2D eigenvalue weighted by Crippen LogP contribution is 2.22. The van der Waals surface area contributed by atoms with E-state index in [1.165, 1.54) is 6.42 Å². The number of hydrogen-bond acceptors (Lipinski definition) is 2. The standard InChI is InChI=1S/C8H16BrNO2S/c9-6-7-10-13(11,12)8-4-2-1-3-5-8/h8,10H,1-7H2. The van der Waals surface area contributed by atoms with Gasteiger partial charge in [-0.15, -0.1) is 0 Å². The zero-order valence-corrected chi connectivity index (χ0v) is 10.0. The van der Waals surface area contributed by atoms with Gasteiger partial charge >= 0.3 is 0 Å². The summed E-state index contributed by atoms with van der Waals surface area (Å²) >= 11 is 3.20. The quantitative estimate of drug-likeness (QED) is 0.789. The molecule has 3 nitrogen and oxygen atoms in total. The molecule has 0 spiro atoms. The zero-order chi connectivity index (χ0) is 9.73. The van der Waals surface area contributed by atoms with Gasteiger partial charge < -0.3 is 0 Å². The van der Waals surface area contributed by atoms with Crippen LogP contribution in [0.4, 0.5) is 0 Å². The zero-order valence-electron chi connectivity index (χ0n) is 7.63. The summed E-state index contributed by atoms with van der Waals surface area (Å²) in [6.45, 7) is 0.499. The lowest BCUT2D eigenvalue weighted by Crippen LogP contribution is -2.36. The lowest BCUT2D eigenvalue weighted by atomic mass is 10.0. The highest BCUT2D eigenvalue weighted by molar-refractivity contribution is 9.09. The summed E-state index contributed by atoms with van der Waals surface area (Å²) in [5.74, 6) is 0. The van der Waals surface area contributed by atoms with Crippen molar-refractivity contribution in [1.82, 2.24) is 4.72 Å². The van der Waals surface area contributed by atoms with Crippen molar-refractivity contribution in [3.8, 4) is 0 Å². The molecule has 0 saturated heterocycles. The summed E-state index contributed by atoms with van der Waals surface area (Å²) < 4.78 is 25.8. The van der Waals surface area contributed by atoms with Crippen LogP contribution in [0.1, 0.15) is 32.1 Å². The number of halogens is 1. The Morgan fingerprint density at radius 3 is 2.38 bits per heavy atom. The summed E-state index contributed by atoms with van der Waals surface area (Å²) in [4.78, 5) is 0. The Morgan fingerprint density at radius 1 is 1.23 bits per heavy atom. The second-order valence-corrected chi connectivity index (χ2v) is 6.23. The van der Waals surface area contributed by atoms with E-state index in [9.17, 15) is 8.42 Å². The van der Waals surface area contributed by atoms with Crippen molar-refractivity contribution in [2.24, 2.45) is 0 Å². The van der Waals surface area contributed by atoms with Crippen molar-refractivity contribution in [3.05, 3.63) is 0 Å². The van der Waals surface area contributed by atoms with E-state index in [2.05, 4.69) is 20.7 Å². The Kier molecular flexibility index (Phi) is 4.69. The van der Waals surface area contributed by atoms with Crippen molar-refractivity contribution in [2.45, 2.75) is 37.4 Å². The molecule has 1 aliphatic rings. The Bertz CT molecular complexity index is 235. The molecule has 0 unspecified atom stereocenters. The molecule has 13 heavy (non-hydrogen) atoms. The van der Waals surface area contributed by atoms with Crippen molar-refractivity contribution in [3.63, 3.8) is 0 Å². The van der Waals surface area contributed by atoms with Crippen molar-refractivity contribution in [1.29, 1.82) is 0 Å². The Labute approximate surface area is 88.5 Å². The molecule has 1 aliphatic carbocycles. The molecular weight excluding hydrogens is 254 g/mol. The van der Waals surface area contributed by atoms with E-state index in [1.807, 2.05) is 0 Å². The van der Waals surface area contributed by atoms with Crippen LogP contribution in [0.15, 0.2) is 0 Å². The molecule has 0 aliphatic heterocycles. The van der Waals surface area contributed by atoms with Gasteiger partial charge in [0.2, 0.25) is 10.0 Å². The molecule has 0 aromatic heterocycles. The van der Waals surface area contributed by atoms with Crippen LogP contribution >= 0.6 is 15.9 Å². The van der Waals surface area contributed by atoms with Gasteiger partial charge in [-0.1, -0.05) is 35.2 Å². The topological polar surface area (TPSA) is 46.2 Å². The minimum atomic E-state index is -3.03. The monoisotopic (exact) mass is 269 g/mol. The van der Waals surface area contributed by atoms with Crippen molar-refractivity contribution >= 4 is 26.0 Å². The molecule has 78 valence electrons. The van der Waals surface area contributed by atoms with Crippen molar-refractivity contribution in [2.75, 3.05) is 11.9 Å². The molecule has 0 amide bonds. The molecule has 0 aromatic carbocycles. The number of nitrogens with one attached hydrogen (secondary N) is 1. The Morgan fingerprint density at radius 2 is 1.85 bits per heavy atom. The molecule has 1 fully saturated rings. The SMILES string of the molecule is O=S(=O)(NCCBr)C1CCCCC1. The first kappa shape index (κ1) is 11.5. The maximum atomic E-state index is 11.6. The molecule has 1 N–H and O–H groups in total. The first-order valence-corrected chi connectivity index (χ1v) is 7.38. The lowest BCUT2D eigenvalue weighted by molar-refractivity contribution is 0.478. The molecular formula is C8H16BrNO2S. The first-order valence-electron chi connectivity index (χ1n) is 4.71. The Balaban J connectivity index is 2.47. The molecule has 0 heterocycles. The van der Waals surface area contributed by atoms with Gasteiger partial charge in [-0.3, -0.25) is 0 Å². The normalized spacial score (nSPS) is 20.4. The molecule has 0 aromatic rings. The Hall–Kier alpha value is 0.390. The van der Waals surface area contributed by atoms with Gasteiger partial charge in [0.1, 0.15) is 0 Å². The maximum absolute atomic E-state index is 11.6. The van der Waals surface area contributed by atoms with Crippen LogP contribution in [0.5, 0.6) is 0 Å². The summed E-state index contributed by atoms with van der Waals surface area (Å²) in [6.07, 6.45) is 4.96. The highest BCUT2D eigenvalue weighted by Gasteiger charge is 2.26. The maximum Gasteiger partial charge on any atom is 0.214 e. The van der Waals surface area contributed by atoms with Crippen LogP contribution < -0.4 is 4.72 Å². The highest BCUT2D eigenvalue weighted by atomic mass is 79.9. The van der Waals surface area contributed by atoms with E-state index in [0.29, 0.717) is 11.9 Å². The second kappa shape index (κ2) is 5.32. The van der Waals surface area contributed by atoms with E-state index in [4.69, 9.17) is 0 Å². The molecule has 0 bridgehead atoms. The van der Waals surface area contributed by atoms with Crippen LogP contribution in [-0.2, 0) is 10.0 Å². The van der Waals surface area contributed by atoms with Crippen LogP contribution in [0.2, 0.25) is 0 Å². The predicted molar refractivity (Wildman–Crippen MR) is 57.6 cm³/mol.